The molecule has 0 aliphatic heterocycles. The molecule has 2 aromatic carbocycles. The summed E-state index contributed by atoms with van der Waals surface area (Å²) >= 11 is 0. The summed E-state index contributed by atoms with van der Waals surface area (Å²) in [7, 11) is 0. The van der Waals surface area contributed by atoms with E-state index in [1.807, 2.05) is 24.3 Å². The number of carbonyl (C=O) groups excluding carboxylic acids is 1. The number of amides is 1. The van der Waals surface area contributed by atoms with Gasteiger partial charge in [0.1, 0.15) is 0 Å². The Labute approximate surface area is 156 Å². The number of fused-ring (bicyclic) bond motifs is 2. The fourth-order valence-corrected chi connectivity index (χ4v) is 4.41. The highest BCUT2D eigenvalue weighted by molar-refractivity contribution is 6.03. The Balaban J connectivity index is 1.47. The molecular weight excluding hydrogens is 318 g/mol. The second kappa shape index (κ2) is 7.90. The monoisotopic (exact) mass is 345 g/mol. The fraction of sp³-hybridized carbons (Fsp3) is 0.375. The van der Waals surface area contributed by atoms with Gasteiger partial charge in [-0.3, -0.25) is 4.79 Å². The number of nitrogens with one attached hydrogen (secondary N) is 1. The van der Waals surface area contributed by atoms with Crippen molar-refractivity contribution in [3.63, 3.8) is 0 Å². The lowest BCUT2D eigenvalue weighted by Crippen LogP contribution is -2.16. The van der Waals surface area contributed by atoms with Gasteiger partial charge in [-0.1, -0.05) is 60.7 Å². The molecule has 1 saturated carbocycles. The molecule has 1 fully saturated rings. The molecule has 0 spiro atoms. The molecule has 134 valence electrons. The Morgan fingerprint density at radius 1 is 0.769 bits per heavy atom. The first-order valence-corrected chi connectivity index (χ1v) is 9.93. The second-order valence-electron chi connectivity index (χ2n) is 7.54. The highest BCUT2D eigenvalue weighted by Gasteiger charge is 2.52. The fourth-order valence-electron chi connectivity index (χ4n) is 4.41. The summed E-state index contributed by atoms with van der Waals surface area (Å²) in [6, 6.07) is 14.4. The molecule has 2 aromatic rings. The molecule has 26 heavy (non-hydrogen) atoms. The van der Waals surface area contributed by atoms with E-state index in [4.69, 9.17) is 0 Å². The van der Waals surface area contributed by atoms with Crippen LogP contribution in [0, 0.1) is 17.8 Å². The van der Waals surface area contributed by atoms with Crippen molar-refractivity contribution in [2.24, 2.45) is 17.8 Å². The third kappa shape index (κ3) is 3.75. The van der Waals surface area contributed by atoms with Crippen molar-refractivity contribution in [3.8, 4) is 0 Å². The predicted molar refractivity (Wildman–Crippen MR) is 109 cm³/mol. The van der Waals surface area contributed by atoms with E-state index >= 15 is 0 Å². The minimum Gasteiger partial charge on any atom is -0.325 e. The van der Waals surface area contributed by atoms with Gasteiger partial charge in [-0.2, -0.15) is 0 Å². The quantitative estimate of drug-likeness (QED) is 0.654. The summed E-state index contributed by atoms with van der Waals surface area (Å²) in [5.74, 6) is 1.47. The van der Waals surface area contributed by atoms with Crippen LogP contribution in [0.2, 0.25) is 0 Å². The summed E-state index contributed by atoms with van der Waals surface area (Å²) in [5, 5.41) is 5.51. The van der Waals surface area contributed by atoms with Gasteiger partial charge >= 0.3 is 0 Å². The van der Waals surface area contributed by atoms with E-state index < -0.39 is 0 Å². The molecule has 0 heterocycles. The van der Waals surface area contributed by atoms with E-state index in [1.54, 1.807) is 0 Å². The molecular formula is C24H27NO. The van der Waals surface area contributed by atoms with Crippen LogP contribution in [0.3, 0.4) is 0 Å². The lowest BCUT2D eigenvalue weighted by atomic mass is 10.1. The Morgan fingerprint density at radius 3 is 2.12 bits per heavy atom. The molecule has 2 aliphatic rings. The van der Waals surface area contributed by atoms with Crippen LogP contribution in [0.1, 0.15) is 38.5 Å². The Bertz CT molecular complexity index is 806. The lowest BCUT2D eigenvalue weighted by Gasteiger charge is -2.09. The first kappa shape index (κ1) is 17.1. The van der Waals surface area contributed by atoms with Crippen LogP contribution in [0.25, 0.3) is 10.8 Å². The van der Waals surface area contributed by atoms with Gasteiger partial charge < -0.3 is 5.32 Å². The number of allylic oxidation sites excluding steroid dienone is 4. The molecule has 0 bridgehead atoms. The van der Waals surface area contributed by atoms with Crippen LogP contribution < -0.4 is 5.32 Å². The predicted octanol–water partition coefficient (Wildman–Crippen LogP) is 6.11. The largest absolute Gasteiger partial charge is 0.325 e. The maximum Gasteiger partial charge on any atom is 0.228 e. The number of rotatable bonds is 2. The second-order valence-corrected chi connectivity index (χ2v) is 7.54. The average Bonchev–Trinajstić information content (AvgIpc) is 3.34. The smallest absolute Gasteiger partial charge is 0.228 e. The molecule has 0 radical (unpaired) electrons. The molecule has 3 unspecified atom stereocenters. The van der Waals surface area contributed by atoms with Gasteiger partial charge in [0.2, 0.25) is 5.91 Å². The van der Waals surface area contributed by atoms with E-state index in [0.717, 1.165) is 49.6 Å². The zero-order chi connectivity index (χ0) is 17.8. The number of benzene rings is 2. The summed E-state index contributed by atoms with van der Waals surface area (Å²) < 4.78 is 0. The summed E-state index contributed by atoms with van der Waals surface area (Å²) in [6.07, 6.45) is 15.9. The van der Waals surface area contributed by atoms with Crippen LogP contribution >= 0.6 is 0 Å². The third-order valence-corrected chi connectivity index (χ3v) is 5.85. The maximum atomic E-state index is 13.0. The summed E-state index contributed by atoms with van der Waals surface area (Å²) in [4.78, 5) is 13.0. The van der Waals surface area contributed by atoms with Crippen LogP contribution in [0.5, 0.6) is 0 Å². The molecule has 1 amide bonds. The number of hydrogen-bond acceptors (Lipinski definition) is 1. The van der Waals surface area contributed by atoms with Gasteiger partial charge in [-0.15, -0.1) is 0 Å². The minimum atomic E-state index is 0.177. The van der Waals surface area contributed by atoms with Crippen molar-refractivity contribution in [1.29, 1.82) is 0 Å². The van der Waals surface area contributed by atoms with E-state index in [9.17, 15) is 4.79 Å². The van der Waals surface area contributed by atoms with E-state index in [-0.39, 0.29) is 11.8 Å². The van der Waals surface area contributed by atoms with Crippen molar-refractivity contribution >= 4 is 22.4 Å². The first-order chi connectivity index (χ1) is 12.8. The first-order valence-electron chi connectivity index (χ1n) is 9.93. The molecule has 1 N–H and O–H groups in total. The highest BCUT2D eigenvalue weighted by Crippen LogP contribution is 2.52. The summed E-state index contributed by atoms with van der Waals surface area (Å²) in [5.41, 5.74) is 0.940. The average molecular weight is 345 g/mol. The minimum absolute atomic E-state index is 0.177. The van der Waals surface area contributed by atoms with Crippen LogP contribution in [0.15, 0.2) is 66.8 Å². The van der Waals surface area contributed by atoms with Gasteiger partial charge in [-0.25, -0.2) is 0 Å². The van der Waals surface area contributed by atoms with Crippen molar-refractivity contribution in [3.05, 3.63) is 66.8 Å². The van der Waals surface area contributed by atoms with Gasteiger partial charge in [-0.05, 0) is 61.8 Å². The molecule has 2 aliphatic carbocycles. The van der Waals surface area contributed by atoms with E-state index in [1.165, 1.54) is 5.39 Å². The standard InChI is InChI=1S/C24H27NO/c26-24(25-22-17-11-13-18-12-9-10-14-19(18)22)23-20-15-7-5-3-1-2-4-6-8-16-21(20)23/h3-6,9-14,17,20-21,23H,1-2,7-8,15-16H2,(H,25,26)/b5-3-,6-4+. The van der Waals surface area contributed by atoms with Crippen molar-refractivity contribution < 1.29 is 4.79 Å². The summed E-state index contributed by atoms with van der Waals surface area (Å²) in [6.45, 7) is 0. The number of hydrogen-bond donors (Lipinski definition) is 1. The van der Waals surface area contributed by atoms with Gasteiger partial charge in [0.05, 0.1) is 0 Å². The van der Waals surface area contributed by atoms with Gasteiger partial charge in [0.15, 0.2) is 0 Å². The SMILES string of the molecule is O=C(Nc1cccc2ccccc12)C1C2CC/C=C\CC/C=C/CCC21. The van der Waals surface area contributed by atoms with E-state index in [2.05, 4.69) is 47.8 Å². The zero-order valence-corrected chi connectivity index (χ0v) is 15.2. The van der Waals surface area contributed by atoms with Crippen molar-refractivity contribution in [2.75, 3.05) is 5.32 Å². The third-order valence-electron chi connectivity index (χ3n) is 5.85. The number of anilines is 1. The van der Waals surface area contributed by atoms with Gasteiger partial charge in [0.25, 0.3) is 0 Å². The number of carbonyl (C=O) groups is 1. The normalized spacial score (nSPS) is 28.2. The van der Waals surface area contributed by atoms with Gasteiger partial charge in [0, 0.05) is 17.0 Å². The van der Waals surface area contributed by atoms with E-state index in [0.29, 0.717) is 11.8 Å². The van der Waals surface area contributed by atoms with Crippen molar-refractivity contribution in [2.45, 2.75) is 38.5 Å². The van der Waals surface area contributed by atoms with Crippen LogP contribution in [-0.4, -0.2) is 5.91 Å². The molecule has 4 rings (SSSR count). The Kier molecular flexibility index (Phi) is 5.19. The molecule has 2 heteroatoms. The molecule has 3 atom stereocenters. The van der Waals surface area contributed by atoms with Crippen LogP contribution in [-0.2, 0) is 4.79 Å². The van der Waals surface area contributed by atoms with Crippen molar-refractivity contribution in [1.82, 2.24) is 0 Å². The zero-order valence-electron chi connectivity index (χ0n) is 15.2. The molecule has 0 aromatic heterocycles. The lowest BCUT2D eigenvalue weighted by molar-refractivity contribution is -0.117. The Hall–Kier alpha value is -2.35. The Morgan fingerprint density at radius 2 is 1.38 bits per heavy atom. The molecule has 0 saturated heterocycles. The highest BCUT2D eigenvalue weighted by atomic mass is 16.2. The maximum absolute atomic E-state index is 13.0. The molecule has 2 nitrogen and oxygen atoms in total. The van der Waals surface area contributed by atoms with Crippen LogP contribution in [0.4, 0.5) is 5.69 Å². The topological polar surface area (TPSA) is 29.1 Å².